The van der Waals surface area contributed by atoms with Crippen LogP contribution in [-0.4, -0.2) is 29.3 Å². The molecule has 0 aromatic carbocycles. The maximum absolute atomic E-state index is 8.42. The Morgan fingerprint density at radius 3 is 0.227 bits per heavy atom. The predicted molar refractivity (Wildman–Crippen MR) is 23.0 cm³/mol. The minimum Gasteiger partial charge on any atom is -0.907 e. The van der Waals surface area contributed by atoms with Crippen molar-refractivity contribution in [2.24, 2.45) is 0 Å². The Morgan fingerprint density at radius 1 is 0.227 bits per heavy atom. The monoisotopic (exact) mass is 590 g/mol. The first-order chi connectivity index (χ1) is 6.93. The number of hydrogen-bond donors (Lipinski definition) is 0. The quantitative estimate of drug-likeness (QED) is 0.238. The Kier molecular flexibility index (Phi) is 165. The maximum atomic E-state index is 8.42. The van der Waals surface area contributed by atoms with Crippen LogP contribution in [0.25, 0.3) is 0 Å². The van der Waals surface area contributed by atoms with E-state index in [9.17, 15) is 0 Å². The Balaban J connectivity index is -0.00000001000. The molecular formula is B4Co6O12. The topological polar surface area (TPSA) is 277 Å². The molecule has 0 spiro atoms. The number of hydrogen-bond acceptors (Lipinski definition) is 12. The van der Waals surface area contributed by atoms with Crippen molar-refractivity contribution in [3.05, 3.63) is 0 Å². The molecule has 0 bridgehead atoms. The van der Waals surface area contributed by atoms with E-state index in [1.54, 1.807) is 0 Å². The fourth-order valence-electron chi connectivity index (χ4n) is 0. The van der Waals surface area contributed by atoms with Gasteiger partial charge in [0.15, 0.2) is 0 Å². The Morgan fingerprint density at radius 2 is 0.227 bits per heavy atom. The van der Waals surface area contributed by atoms with Gasteiger partial charge in [-0.25, -0.2) is 0 Å². The van der Waals surface area contributed by atoms with Crippen LogP contribution < -0.4 is 60.3 Å². The average molecular weight is 589 g/mol. The molecule has 0 rings (SSSR count). The molecule has 0 saturated heterocycles. The van der Waals surface area contributed by atoms with Crippen LogP contribution >= 0.6 is 0 Å². The molecule has 0 aromatic rings. The fourth-order valence-corrected chi connectivity index (χ4v) is 0. The zero-order valence-corrected chi connectivity index (χ0v) is 15.5. The molecule has 12 nitrogen and oxygen atoms in total. The van der Waals surface area contributed by atoms with E-state index < -0.39 is 29.3 Å². The van der Waals surface area contributed by atoms with Gasteiger partial charge in [0.1, 0.15) is 0 Å². The van der Waals surface area contributed by atoms with Gasteiger partial charge in [0.25, 0.3) is 0 Å². The summed E-state index contributed by atoms with van der Waals surface area (Å²) in [5.74, 6) is 0. The van der Waals surface area contributed by atoms with Gasteiger partial charge < -0.3 is 60.3 Å². The third-order valence-corrected chi connectivity index (χ3v) is 0. The standard InChI is InChI=1S/4BO3.6Co/c4*2-1(3)4;;;;;;/q4*-3;6*+2. The molecule has 22 heteroatoms. The van der Waals surface area contributed by atoms with Gasteiger partial charge in [-0.1, -0.05) is 0 Å². The van der Waals surface area contributed by atoms with Gasteiger partial charge in [-0.05, 0) is 0 Å². The van der Waals surface area contributed by atoms with Gasteiger partial charge in [0, 0.05) is 0 Å². The first kappa shape index (κ1) is 64.1. The summed E-state index contributed by atoms with van der Waals surface area (Å²) >= 11 is 0. The van der Waals surface area contributed by atoms with Gasteiger partial charge >= 0.3 is 101 Å². The number of rotatable bonds is 0. The van der Waals surface area contributed by atoms with Crippen LogP contribution in [0.15, 0.2) is 0 Å². The SMILES string of the molecule is [Co+2].[Co+2].[Co+2].[Co+2].[Co+2].[Co+2].[O-]B([O-])[O-].[O-]B([O-])[O-].[O-]B([O-])[O-].[O-]B([O-])[O-]. The zero-order chi connectivity index (χ0) is 14.3. The molecule has 0 aromatic heterocycles. The van der Waals surface area contributed by atoms with Crippen LogP contribution in [0.1, 0.15) is 0 Å². The summed E-state index contributed by atoms with van der Waals surface area (Å²) in [6, 6.07) is 0. The Hall–Kier alpha value is 2.82. The van der Waals surface area contributed by atoms with E-state index in [2.05, 4.69) is 0 Å². The van der Waals surface area contributed by atoms with E-state index in [4.69, 9.17) is 60.3 Å². The van der Waals surface area contributed by atoms with E-state index in [0.29, 0.717) is 0 Å². The van der Waals surface area contributed by atoms with Crippen molar-refractivity contribution < 1.29 is 161 Å². The minimum atomic E-state index is -2.92. The summed E-state index contributed by atoms with van der Waals surface area (Å²) in [5.41, 5.74) is 0. The Labute approximate surface area is 189 Å². The summed E-state index contributed by atoms with van der Waals surface area (Å²) in [5, 5.41) is 101. The van der Waals surface area contributed by atoms with Crippen LogP contribution in [-0.2, 0) is 101 Å². The van der Waals surface area contributed by atoms with E-state index in [1.807, 2.05) is 0 Å². The molecule has 22 heavy (non-hydrogen) atoms. The largest absolute Gasteiger partial charge is 2.00 e. The molecule has 138 valence electrons. The van der Waals surface area contributed by atoms with Crippen LogP contribution in [0.4, 0.5) is 0 Å². The molecule has 0 aliphatic carbocycles. The second kappa shape index (κ2) is 56.5. The van der Waals surface area contributed by atoms with E-state index >= 15 is 0 Å². The van der Waals surface area contributed by atoms with Crippen LogP contribution in [0, 0.1) is 0 Å². The van der Waals surface area contributed by atoms with Crippen molar-refractivity contribution in [3.8, 4) is 0 Å². The molecule has 6 radical (unpaired) electrons. The summed E-state index contributed by atoms with van der Waals surface area (Å²) < 4.78 is 0. The molecule has 0 N–H and O–H groups in total. The zero-order valence-electron chi connectivity index (χ0n) is 9.21. The van der Waals surface area contributed by atoms with Gasteiger partial charge in [0.2, 0.25) is 0 Å². The van der Waals surface area contributed by atoms with E-state index in [1.165, 1.54) is 0 Å². The molecule has 0 aliphatic rings. The molecular weight excluding hydrogens is 589 g/mol. The molecule has 0 atom stereocenters. The second-order valence-electron chi connectivity index (χ2n) is 1.15. The summed E-state index contributed by atoms with van der Waals surface area (Å²) in [6.45, 7) is 0. The first-order valence-corrected chi connectivity index (χ1v) is 2.83. The van der Waals surface area contributed by atoms with E-state index in [0.717, 1.165) is 0 Å². The maximum Gasteiger partial charge on any atom is 2.00 e. The molecule has 0 fully saturated rings. The minimum absolute atomic E-state index is 0. The normalized spacial score (nSPS) is 4.91. The molecule has 0 unspecified atom stereocenters. The van der Waals surface area contributed by atoms with Crippen molar-refractivity contribution in [1.82, 2.24) is 0 Å². The average Bonchev–Trinajstić information content (AvgIpc) is 1.76. The first-order valence-electron chi connectivity index (χ1n) is 2.83. The Bertz CT molecular complexity index is 74.6. The molecule has 0 heterocycles. The van der Waals surface area contributed by atoms with Gasteiger partial charge in [-0.2, -0.15) is 0 Å². The molecule has 0 aliphatic heterocycles. The van der Waals surface area contributed by atoms with Crippen LogP contribution in [0.3, 0.4) is 0 Å². The molecule has 0 amide bonds. The van der Waals surface area contributed by atoms with Crippen molar-refractivity contribution in [3.63, 3.8) is 0 Å². The third-order valence-electron chi connectivity index (χ3n) is 0. The smallest absolute Gasteiger partial charge is 0.907 e. The van der Waals surface area contributed by atoms with Crippen LogP contribution in [0.5, 0.6) is 0 Å². The molecule has 0 saturated carbocycles. The summed E-state index contributed by atoms with van der Waals surface area (Å²) in [6.07, 6.45) is 0. The summed E-state index contributed by atoms with van der Waals surface area (Å²) in [4.78, 5) is 0. The van der Waals surface area contributed by atoms with Crippen molar-refractivity contribution in [2.75, 3.05) is 0 Å². The van der Waals surface area contributed by atoms with Gasteiger partial charge in [-0.3, -0.25) is 29.3 Å². The van der Waals surface area contributed by atoms with Gasteiger partial charge in [-0.15, -0.1) is 0 Å². The van der Waals surface area contributed by atoms with Crippen LogP contribution in [0.2, 0.25) is 0 Å². The van der Waals surface area contributed by atoms with Gasteiger partial charge in [0.05, 0.1) is 0 Å². The second-order valence-corrected chi connectivity index (χ2v) is 1.15. The van der Waals surface area contributed by atoms with E-state index in [-0.39, 0.29) is 101 Å². The van der Waals surface area contributed by atoms with Crippen molar-refractivity contribution in [2.45, 2.75) is 0 Å². The third kappa shape index (κ3) is 1370. The summed E-state index contributed by atoms with van der Waals surface area (Å²) in [7, 11) is -11.7. The fraction of sp³-hybridized carbons (Fsp3) is 0. The van der Waals surface area contributed by atoms with Crippen molar-refractivity contribution in [1.29, 1.82) is 0 Å². The predicted octanol–water partition coefficient (Wildman–Crippen LogP) is -15.8. The van der Waals surface area contributed by atoms with Crippen molar-refractivity contribution >= 4 is 29.3 Å².